The highest BCUT2D eigenvalue weighted by Gasteiger charge is 2.26. The average molecular weight is 341 g/mol. The number of benzene rings is 1. The summed E-state index contributed by atoms with van der Waals surface area (Å²) in [7, 11) is 0. The van der Waals surface area contributed by atoms with E-state index in [1.54, 1.807) is 6.92 Å². The third kappa shape index (κ3) is 3.73. The summed E-state index contributed by atoms with van der Waals surface area (Å²) in [5, 5.41) is 0. The van der Waals surface area contributed by atoms with Gasteiger partial charge in [0.25, 0.3) is 5.56 Å². The number of aromatic amines is 2. The molecule has 1 atom stereocenters. The number of aromatic nitrogens is 2. The maximum absolute atomic E-state index is 12.7. The van der Waals surface area contributed by atoms with Crippen molar-refractivity contribution < 1.29 is 4.79 Å². The van der Waals surface area contributed by atoms with E-state index in [0.717, 1.165) is 12.8 Å². The van der Waals surface area contributed by atoms with Crippen LogP contribution in [0.5, 0.6) is 0 Å². The molecule has 0 bridgehead atoms. The van der Waals surface area contributed by atoms with Crippen LogP contribution in [0.3, 0.4) is 0 Å². The number of amides is 1. The molecular formula is C19H23N3O3. The monoisotopic (exact) mass is 341 g/mol. The van der Waals surface area contributed by atoms with Crippen LogP contribution in [0.4, 0.5) is 0 Å². The summed E-state index contributed by atoms with van der Waals surface area (Å²) in [4.78, 5) is 42.5. The van der Waals surface area contributed by atoms with Crippen LogP contribution in [0.15, 0.2) is 33.9 Å². The van der Waals surface area contributed by atoms with Crippen LogP contribution < -0.4 is 11.2 Å². The van der Waals surface area contributed by atoms with Gasteiger partial charge in [-0.05, 0) is 37.8 Å². The van der Waals surface area contributed by atoms with Crippen LogP contribution in [0.2, 0.25) is 0 Å². The molecule has 6 nitrogen and oxygen atoms in total. The maximum atomic E-state index is 12.7. The topological polar surface area (TPSA) is 86.0 Å². The molecule has 6 heteroatoms. The Morgan fingerprint density at radius 2 is 1.96 bits per heavy atom. The minimum absolute atomic E-state index is 0.0123. The van der Waals surface area contributed by atoms with E-state index >= 15 is 0 Å². The number of piperidine rings is 1. The molecule has 1 fully saturated rings. The molecule has 0 spiro atoms. The highest BCUT2D eigenvalue weighted by Crippen LogP contribution is 2.29. The standard InChI is InChI=1S/C19H23N3O3/c1-12-6-3-4-8-15(12)14-7-5-9-22(11-14)17(23)10-16-13(2)20-19(25)21-18(16)24/h3-4,6,8,14H,5,7,9-11H2,1-2H3,(H2,20,21,24,25). The summed E-state index contributed by atoms with van der Waals surface area (Å²) in [6.45, 7) is 5.12. The lowest BCUT2D eigenvalue weighted by Crippen LogP contribution is -2.41. The van der Waals surface area contributed by atoms with E-state index in [9.17, 15) is 14.4 Å². The van der Waals surface area contributed by atoms with E-state index in [4.69, 9.17) is 0 Å². The van der Waals surface area contributed by atoms with Gasteiger partial charge in [0.05, 0.1) is 6.42 Å². The minimum Gasteiger partial charge on any atom is -0.342 e. The second-order valence-corrected chi connectivity index (χ2v) is 6.72. The Morgan fingerprint density at radius 1 is 1.20 bits per heavy atom. The second-order valence-electron chi connectivity index (χ2n) is 6.72. The molecule has 132 valence electrons. The predicted octanol–water partition coefficient (Wildman–Crippen LogP) is 1.63. The van der Waals surface area contributed by atoms with Crippen LogP contribution in [0, 0.1) is 13.8 Å². The molecule has 1 aliphatic rings. The van der Waals surface area contributed by atoms with Crippen molar-refractivity contribution >= 4 is 5.91 Å². The lowest BCUT2D eigenvalue weighted by atomic mass is 9.88. The Labute approximate surface area is 145 Å². The minimum atomic E-state index is -0.545. The number of H-pyrrole nitrogens is 2. The number of carbonyl (C=O) groups is 1. The van der Waals surface area contributed by atoms with Gasteiger partial charge in [-0.1, -0.05) is 24.3 Å². The number of carbonyl (C=O) groups excluding carboxylic acids is 1. The van der Waals surface area contributed by atoms with Crippen molar-refractivity contribution in [2.45, 2.75) is 39.0 Å². The average Bonchev–Trinajstić information content (AvgIpc) is 2.58. The number of rotatable bonds is 3. The van der Waals surface area contributed by atoms with E-state index in [0.29, 0.717) is 30.3 Å². The molecule has 1 saturated heterocycles. The summed E-state index contributed by atoms with van der Waals surface area (Å²) < 4.78 is 0. The summed E-state index contributed by atoms with van der Waals surface area (Å²) in [6, 6.07) is 8.28. The molecule has 1 unspecified atom stereocenters. The lowest BCUT2D eigenvalue weighted by Gasteiger charge is -2.33. The molecule has 2 N–H and O–H groups in total. The van der Waals surface area contributed by atoms with E-state index in [1.807, 2.05) is 17.0 Å². The van der Waals surface area contributed by atoms with Gasteiger partial charge >= 0.3 is 5.69 Å². The molecule has 0 saturated carbocycles. The summed E-state index contributed by atoms with van der Waals surface area (Å²) in [6.07, 6.45) is 2.02. The molecule has 0 aliphatic carbocycles. The Morgan fingerprint density at radius 3 is 2.68 bits per heavy atom. The van der Waals surface area contributed by atoms with Crippen molar-refractivity contribution in [3.63, 3.8) is 0 Å². The third-order valence-electron chi connectivity index (χ3n) is 4.99. The highest BCUT2D eigenvalue weighted by atomic mass is 16.2. The highest BCUT2D eigenvalue weighted by molar-refractivity contribution is 5.79. The molecule has 1 aromatic carbocycles. The van der Waals surface area contributed by atoms with Crippen molar-refractivity contribution in [2.75, 3.05) is 13.1 Å². The maximum Gasteiger partial charge on any atom is 0.325 e. The van der Waals surface area contributed by atoms with Crippen molar-refractivity contribution in [3.8, 4) is 0 Å². The molecular weight excluding hydrogens is 318 g/mol. The fourth-order valence-electron chi connectivity index (χ4n) is 3.60. The first kappa shape index (κ1) is 17.2. The lowest BCUT2D eigenvalue weighted by molar-refractivity contribution is -0.131. The number of likely N-dealkylation sites (tertiary alicyclic amines) is 1. The zero-order valence-corrected chi connectivity index (χ0v) is 14.6. The van der Waals surface area contributed by atoms with E-state index in [1.165, 1.54) is 11.1 Å². The van der Waals surface area contributed by atoms with Gasteiger partial charge in [-0.25, -0.2) is 4.79 Å². The van der Waals surface area contributed by atoms with Crippen molar-refractivity contribution in [1.82, 2.24) is 14.9 Å². The third-order valence-corrected chi connectivity index (χ3v) is 4.99. The Bertz CT molecular complexity index is 897. The van der Waals surface area contributed by atoms with Crippen LogP contribution in [0.1, 0.15) is 41.1 Å². The predicted molar refractivity (Wildman–Crippen MR) is 95.9 cm³/mol. The van der Waals surface area contributed by atoms with E-state index in [2.05, 4.69) is 29.0 Å². The smallest absolute Gasteiger partial charge is 0.325 e. The van der Waals surface area contributed by atoms with Crippen molar-refractivity contribution in [1.29, 1.82) is 0 Å². The summed E-state index contributed by atoms with van der Waals surface area (Å²) in [5.41, 5.74) is 2.29. The first-order chi connectivity index (χ1) is 12.0. The summed E-state index contributed by atoms with van der Waals surface area (Å²) in [5.74, 6) is 0.257. The van der Waals surface area contributed by atoms with Crippen LogP contribution in [-0.4, -0.2) is 33.9 Å². The first-order valence-corrected chi connectivity index (χ1v) is 8.61. The van der Waals surface area contributed by atoms with Crippen LogP contribution in [0.25, 0.3) is 0 Å². The SMILES string of the molecule is Cc1ccccc1C1CCCN(C(=O)Cc2c(C)[nH]c(=O)[nH]c2=O)C1. The van der Waals surface area contributed by atoms with Crippen LogP contribution >= 0.6 is 0 Å². The largest absolute Gasteiger partial charge is 0.342 e. The molecule has 1 aromatic heterocycles. The van der Waals surface area contributed by atoms with Gasteiger partial charge in [0.15, 0.2) is 0 Å². The molecule has 1 aliphatic heterocycles. The first-order valence-electron chi connectivity index (χ1n) is 8.61. The fraction of sp³-hybridized carbons (Fsp3) is 0.421. The van der Waals surface area contributed by atoms with Crippen molar-refractivity contribution in [2.24, 2.45) is 0 Å². The molecule has 2 heterocycles. The number of hydrogen-bond acceptors (Lipinski definition) is 3. The Kier molecular flexibility index (Phi) is 4.88. The molecule has 3 rings (SSSR count). The summed E-state index contributed by atoms with van der Waals surface area (Å²) >= 11 is 0. The van der Waals surface area contributed by atoms with E-state index in [-0.39, 0.29) is 12.3 Å². The normalized spacial score (nSPS) is 17.5. The van der Waals surface area contributed by atoms with Crippen LogP contribution in [-0.2, 0) is 11.2 Å². The fourth-order valence-corrected chi connectivity index (χ4v) is 3.60. The quantitative estimate of drug-likeness (QED) is 0.890. The molecule has 0 radical (unpaired) electrons. The Balaban J connectivity index is 1.76. The van der Waals surface area contributed by atoms with Gasteiger partial charge in [-0.15, -0.1) is 0 Å². The number of hydrogen-bond donors (Lipinski definition) is 2. The van der Waals surface area contributed by atoms with Crippen molar-refractivity contribution in [3.05, 3.63) is 67.5 Å². The number of aryl methyl sites for hydroxylation is 2. The molecule has 1 amide bonds. The molecule has 25 heavy (non-hydrogen) atoms. The second kappa shape index (κ2) is 7.09. The van der Waals surface area contributed by atoms with Gasteiger partial charge < -0.3 is 9.88 Å². The number of nitrogens with zero attached hydrogens (tertiary/aromatic N) is 1. The van der Waals surface area contributed by atoms with Gasteiger partial charge in [-0.2, -0.15) is 0 Å². The van der Waals surface area contributed by atoms with Gasteiger partial charge in [0, 0.05) is 30.3 Å². The zero-order chi connectivity index (χ0) is 18.0. The number of nitrogens with one attached hydrogen (secondary N) is 2. The molecule has 2 aromatic rings. The van der Waals surface area contributed by atoms with Gasteiger partial charge in [0.2, 0.25) is 5.91 Å². The zero-order valence-electron chi connectivity index (χ0n) is 14.6. The van der Waals surface area contributed by atoms with E-state index < -0.39 is 11.2 Å². The van der Waals surface area contributed by atoms with Gasteiger partial charge in [-0.3, -0.25) is 14.6 Å². The van der Waals surface area contributed by atoms with Gasteiger partial charge in [0.1, 0.15) is 0 Å². The Hall–Kier alpha value is -2.63.